The third kappa shape index (κ3) is 3.74. The Balaban J connectivity index is 4.27. The van der Waals surface area contributed by atoms with E-state index in [-0.39, 0.29) is 0 Å². The number of primary amides is 1. The standard InChI is InChI=1S/C9H20N2O2/c1-4-7(8(11)12)13-9(3,5-2)6-10/h7H,4-6,10H2,1-3H3,(H2,11,12). The quantitative estimate of drug-likeness (QED) is 0.633. The molecule has 78 valence electrons. The van der Waals surface area contributed by atoms with Gasteiger partial charge < -0.3 is 16.2 Å². The molecule has 13 heavy (non-hydrogen) atoms. The fourth-order valence-corrected chi connectivity index (χ4v) is 0.962. The van der Waals surface area contributed by atoms with Gasteiger partial charge in [-0.2, -0.15) is 0 Å². The molecule has 0 aliphatic carbocycles. The number of hydrogen-bond donors (Lipinski definition) is 2. The molecule has 0 aliphatic heterocycles. The molecule has 0 fully saturated rings. The highest BCUT2D eigenvalue weighted by molar-refractivity contribution is 5.78. The van der Waals surface area contributed by atoms with Crippen LogP contribution >= 0.6 is 0 Å². The van der Waals surface area contributed by atoms with Crippen molar-refractivity contribution in [1.82, 2.24) is 0 Å². The van der Waals surface area contributed by atoms with Crippen LogP contribution < -0.4 is 11.5 Å². The zero-order valence-corrected chi connectivity index (χ0v) is 8.67. The first-order valence-corrected chi connectivity index (χ1v) is 4.66. The number of carbonyl (C=O) groups is 1. The van der Waals surface area contributed by atoms with Crippen molar-refractivity contribution < 1.29 is 9.53 Å². The van der Waals surface area contributed by atoms with Gasteiger partial charge in [-0.15, -0.1) is 0 Å². The van der Waals surface area contributed by atoms with E-state index in [9.17, 15) is 4.79 Å². The first kappa shape index (κ1) is 12.4. The first-order valence-electron chi connectivity index (χ1n) is 4.66. The normalized spacial score (nSPS) is 17.8. The average molecular weight is 188 g/mol. The van der Waals surface area contributed by atoms with Gasteiger partial charge in [-0.25, -0.2) is 0 Å². The van der Waals surface area contributed by atoms with Crippen molar-refractivity contribution in [2.45, 2.75) is 45.3 Å². The molecule has 0 aromatic carbocycles. The molecule has 0 aromatic rings. The summed E-state index contributed by atoms with van der Waals surface area (Å²) in [6, 6.07) is 0. The van der Waals surface area contributed by atoms with Gasteiger partial charge in [0.2, 0.25) is 5.91 Å². The van der Waals surface area contributed by atoms with Crippen LogP contribution in [0.2, 0.25) is 0 Å². The summed E-state index contributed by atoms with van der Waals surface area (Å²) in [4.78, 5) is 10.9. The SMILES string of the molecule is CCC(OC(C)(CC)CN)C(N)=O. The van der Waals surface area contributed by atoms with Gasteiger partial charge in [0.05, 0.1) is 5.60 Å². The predicted octanol–water partition coefficient (Wildman–Crippen LogP) is 0.394. The lowest BCUT2D eigenvalue weighted by Crippen LogP contribution is -2.44. The zero-order valence-electron chi connectivity index (χ0n) is 8.67. The van der Waals surface area contributed by atoms with Crippen LogP contribution in [0.4, 0.5) is 0 Å². The number of hydrogen-bond acceptors (Lipinski definition) is 3. The molecular weight excluding hydrogens is 168 g/mol. The van der Waals surface area contributed by atoms with Crippen molar-refractivity contribution >= 4 is 5.91 Å². The molecule has 0 radical (unpaired) electrons. The summed E-state index contributed by atoms with van der Waals surface area (Å²) in [5.41, 5.74) is 10.3. The van der Waals surface area contributed by atoms with E-state index in [1.807, 2.05) is 20.8 Å². The number of nitrogens with two attached hydrogens (primary N) is 2. The number of rotatable bonds is 6. The molecule has 0 rings (SSSR count). The van der Waals surface area contributed by atoms with E-state index in [1.54, 1.807) is 0 Å². The summed E-state index contributed by atoms with van der Waals surface area (Å²) in [7, 11) is 0. The Hall–Kier alpha value is -0.610. The number of carbonyl (C=O) groups excluding carboxylic acids is 1. The van der Waals surface area contributed by atoms with Gasteiger partial charge in [0, 0.05) is 6.54 Å². The second-order valence-corrected chi connectivity index (χ2v) is 3.42. The Bertz CT molecular complexity index is 167. The van der Waals surface area contributed by atoms with Crippen molar-refractivity contribution in [3.8, 4) is 0 Å². The van der Waals surface area contributed by atoms with E-state index < -0.39 is 17.6 Å². The highest BCUT2D eigenvalue weighted by Crippen LogP contribution is 2.17. The van der Waals surface area contributed by atoms with Crippen LogP contribution in [0.5, 0.6) is 0 Å². The molecule has 0 spiro atoms. The van der Waals surface area contributed by atoms with Gasteiger partial charge in [0.1, 0.15) is 6.10 Å². The lowest BCUT2D eigenvalue weighted by molar-refractivity contribution is -0.142. The number of ether oxygens (including phenoxy) is 1. The maximum absolute atomic E-state index is 10.9. The smallest absolute Gasteiger partial charge is 0.246 e. The topological polar surface area (TPSA) is 78.3 Å². The van der Waals surface area contributed by atoms with Gasteiger partial charge >= 0.3 is 0 Å². The molecule has 2 unspecified atom stereocenters. The van der Waals surface area contributed by atoms with Crippen molar-refractivity contribution in [1.29, 1.82) is 0 Å². The first-order chi connectivity index (χ1) is 5.99. The molecule has 0 aromatic heterocycles. The Morgan fingerprint density at radius 3 is 2.31 bits per heavy atom. The van der Waals surface area contributed by atoms with Crippen LogP contribution in [0.15, 0.2) is 0 Å². The van der Waals surface area contributed by atoms with Crippen molar-refractivity contribution in [2.75, 3.05) is 6.54 Å². The second-order valence-electron chi connectivity index (χ2n) is 3.42. The largest absolute Gasteiger partial charge is 0.367 e. The molecule has 0 saturated heterocycles. The molecule has 2 atom stereocenters. The van der Waals surface area contributed by atoms with Crippen molar-refractivity contribution in [3.63, 3.8) is 0 Å². The van der Waals surface area contributed by atoms with E-state index in [0.29, 0.717) is 13.0 Å². The molecule has 4 heteroatoms. The summed E-state index contributed by atoms with van der Waals surface area (Å²) in [5.74, 6) is -0.421. The zero-order chi connectivity index (χ0) is 10.5. The summed E-state index contributed by atoms with van der Waals surface area (Å²) >= 11 is 0. The molecule has 4 nitrogen and oxygen atoms in total. The van der Waals surface area contributed by atoms with Gasteiger partial charge in [-0.05, 0) is 19.8 Å². The van der Waals surface area contributed by atoms with E-state index in [0.717, 1.165) is 6.42 Å². The van der Waals surface area contributed by atoms with E-state index in [4.69, 9.17) is 16.2 Å². The van der Waals surface area contributed by atoms with E-state index in [2.05, 4.69) is 0 Å². The summed E-state index contributed by atoms with van der Waals surface area (Å²) in [5, 5.41) is 0. The molecule has 0 aliphatic rings. The fraction of sp³-hybridized carbons (Fsp3) is 0.889. The second kappa shape index (κ2) is 5.19. The van der Waals surface area contributed by atoms with Crippen LogP contribution in [-0.4, -0.2) is 24.2 Å². The lowest BCUT2D eigenvalue weighted by atomic mass is 10.0. The molecule has 0 heterocycles. The molecular formula is C9H20N2O2. The molecule has 1 amide bonds. The number of amides is 1. The third-order valence-corrected chi connectivity index (χ3v) is 2.29. The third-order valence-electron chi connectivity index (χ3n) is 2.29. The van der Waals surface area contributed by atoms with Crippen LogP contribution in [0.3, 0.4) is 0 Å². The van der Waals surface area contributed by atoms with E-state index in [1.165, 1.54) is 0 Å². The maximum Gasteiger partial charge on any atom is 0.246 e. The van der Waals surface area contributed by atoms with Crippen LogP contribution in [0.1, 0.15) is 33.6 Å². The van der Waals surface area contributed by atoms with Crippen LogP contribution in [-0.2, 0) is 9.53 Å². The monoisotopic (exact) mass is 188 g/mol. The highest BCUT2D eigenvalue weighted by atomic mass is 16.5. The Morgan fingerprint density at radius 2 is 2.08 bits per heavy atom. The molecule has 4 N–H and O–H groups in total. The maximum atomic E-state index is 10.9. The summed E-state index contributed by atoms with van der Waals surface area (Å²) in [6.07, 6.45) is 0.839. The van der Waals surface area contributed by atoms with Crippen LogP contribution in [0.25, 0.3) is 0 Å². The predicted molar refractivity (Wildman–Crippen MR) is 52.1 cm³/mol. The molecule has 0 bridgehead atoms. The van der Waals surface area contributed by atoms with Gasteiger partial charge in [0.15, 0.2) is 0 Å². The minimum absolute atomic E-state index is 0.396. The minimum Gasteiger partial charge on any atom is -0.367 e. The van der Waals surface area contributed by atoms with Crippen LogP contribution in [0, 0.1) is 0 Å². The highest BCUT2D eigenvalue weighted by Gasteiger charge is 2.27. The van der Waals surface area contributed by atoms with E-state index >= 15 is 0 Å². The minimum atomic E-state index is -0.520. The fourth-order valence-electron chi connectivity index (χ4n) is 0.962. The van der Waals surface area contributed by atoms with Gasteiger partial charge in [-0.1, -0.05) is 13.8 Å². The summed E-state index contributed by atoms with van der Waals surface area (Å²) in [6.45, 7) is 6.12. The Kier molecular flexibility index (Phi) is 4.95. The van der Waals surface area contributed by atoms with Gasteiger partial charge in [-0.3, -0.25) is 4.79 Å². The van der Waals surface area contributed by atoms with Crippen molar-refractivity contribution in [3.05, 3.63) is 0 Å². The Labute approximate surface area is 79.6 Å². The molecule has 0 saturated carbocycles. The van der Waals surface area contributed by atoms with Gasteiger partial charge in [0.25, 0.3) is 0 Å². The Morgan fingerprint density at radius 1 is 1.54 bits per heavy atom. The lowest BCUT2D eigenvalue weighted by Gasteiger charge is -2.30. The average Bonchev–Trinajstić information content (AvgIpc) is 2.13. The summed E-state index contributed by atoms with van der Waals surface area (Å²) < 4.78 is 5.55. The van der Waals surface area contributed by atoms with Crippen molar-refractivity contribution in [2.24, 2.45) is 11.5 Å².